The van der Waals surface area contributed by atoms with Gasteiger partial charge in [-0.1, -0.05) is 39.8 Å². The van der Waals surface area contributed by atoms with Crippen molar-refractivity contribution in [3.05, 3.63) is 12.2 Å². The number of hydrogen-bond donors (Lipinski definition) is 0. The van der Waals surface area contributed by atoms with E-state index in [0.717, 1.165) is 23.7 Å². The first-order chi connectivity index (χ1) is 5.52. The van der Waals surface area contributed by atoms with E-state index >= 15 is 0 Å². The van der Waals surface area contributed by atoms with Gasteiger partial charge in [0.25, 0.3) is 0 Å². The molecule has 0 amide bonds. The van der Waals surface area contributed by atoms with Gasteiger partial charge in [-0.25, -0.2) is 0 Å². The minimum absolute atomic E-state index is 0.766. The summed E-state index contributed by atoms with van der Waals surface area (Å²) in [5.41, 5.74) is 1.49. The Kier molecular flexibility index (Phi) is 2.98. The van der Waals surface area contributed by atoms with Crippen LogP contribution in [0.1, 0.15) is 40.5 Å². The fourth-order valence-electron chi connectivity index (χ4n) is 2.47. The zero-order valence-corrected chi connectivity index (χ0v) is 8.93. The maximum Gasteiger partial charge on any atom is -0.0203 e. The largest absolute Gasteiger partial charge is 0.0993 e. The molecule has 1 rings (SSSR count). The van der Waals surface area contributed by atoms with Gasteiger partial charge in [-0.05, 0) is 36.5 Å². The van der Waals surface area contributed by atoms with Crippen molar-refractivity contribution in [3.8, 4) is 0 Å². The topological polar surface area (TPSA) is 0 Å². The highest BCUT2D eigenvalue weighted by atomic mass is 14.4. The SMILES string of the molecule is C=C1C(C)CC(CC(C)C)C1C. The fraction of sp³-hybridized carbons (Fsp3) is 0.833. The maximum atomic E-state index is 4.17. The third-order valence-corrected chi connectivity index (χ3v) is 3.36. The zero-order chi connectivity index (χ0) is 9.30. The van der Waals surface area contributed by atoms with Crippen LogP contribution in [-0.2, 0) is 0 Å². The van der Waals surface area contributed by atoms with Crippen LogP contribution in [0.15, 0.2) is 12.2 Å². The molecule has 12 heavy (non-hydrogen) atoms. The molecule has 0 heteroatoms. The lowest BCUT2D eigenvalue weighted by atomic mass is 9.88. The van der Waals surface area contributed by atoms with Gasteiger partial charge in [-0.15, -0.1) is 0 Å². The quantitative estimate of drug-likeness (QED) is 0.546. The van der Waals surface area contributed by atoms with Gasteiger partial charge in [0.1, 0.15) is 0 Å². The summed E-state index contributed by atoms with van der Waals surface area (Å²) in [6.07, 6.45) is 2.75. The smallest absolute Gasteiger partial charge is 0.0203 e. The molecule has 0 aromatic heterocycles. The van der Waals surface area contributed by atoms with Crippen LogP contribution in [0.4, 0.5) is 0 Å². The van der Waals surface area contributed by atoms with Crippen LogP contribution < -0.4 is 0 Å². The molecular weight excluding hydrogens is 144 g/mol. The second-order valence-electron chi connectivity index (χ2n) is 4.89. The van der Waals surface area contributed by atoms with E-state index in [4.69, 9.17) is 0 Å². The molecule has 0 N–H and O–H groups in total. The lowest BCUT2D eigenvalue weighted by Crippen LogP contribution is -2.07. The summed E-state index contributed by atoms with van der Waals surface area (Å²) in [4.78, 5) is 0. The Morgan fingerprint density at radius 2 is 2.00 bits per heavy atom. The summed E-state index contributed by atoms with van der Waals surface area (Å²) in [6, 6.07) is 0. The summed E-state index contributed by atoms with van der Waals surface area (Å²) in [6.45, 7) is 13.5. The number of allylic oxidation sites excluding steroid dienone is 1. The Labute approximate surface area is 77.1 Å². The Hall–Kier alpha value is -0.260. The van der Waals surface area contributed by atoms with Gasteiger partial charge in [0.2, 0.25) is 0 Å². The lowest BCUT2D eigenvalue weighted by Gasteiger charge is -2.17. The minimum atomic E-state index is 0.766. The van der Waals surface area contributed by atoms with Crippen LogP contribution in [0, 0.1) is 23.7 Å². The second kappa shape index (κ2) is 3.64. The molecule has 1 aliphatic rings. The van der Waals surface area contributed by atoms with Gasteiger partial charge < -0.3 is 0 Å². The first-order valence-corrected chi connectivity index (χ1v) is 5.21. The van der Waals surface area contributed by atoms with Crippen LogP contribution in [0.3, 0.4) is 0 Å². The number of hydrogen-bond acceptors (Lipinski definition) is 0. The van der Waals surface area contributed by atoms with Crippen molar-refractivity contribution in [3.63, 3.8) is 0 Å². The molecule has 70 valence electrons. The van der Waals surface area contributed by atoms with Crippen molar-refractivity contribution >= 4 is 0 Å². The van der Waals surface area contributed by atoms with Crippen LogP contribution >= 0.6 is 0 Å². The molecule has 0 spiro atoms. The van der Waals surface area contributed by atoms with Crippen molar-refractivity contribution < 1.29 is 0 Å². The third kappa shape index (κ3) is 1.91. The van der Waals surface area contributed by atoms with Gasteiger partial charge in [-0.2, -0.15) is 0 Å². The monoisotopic (exact) mass is 166 g/mol. The Morgan fingerprint density at radius 3 is 2.33 bits per heavy atom. The molecule has 1 saturated carbocycles. The van der Waals surface area contributed by atoms with Crippen molar-refractivity contribution in [2.24, 2.45) is 23.7 Å². The highest BCUT2D eigenvalue weighted by Gasteiger charge is 2.31. The molecule has 0 aromatic rings. The molecule has 0 heterocycles. The van der Waals surface area contributed by atoms with Crippen LogP contribution in [0.5, 0.6) is 0 Å². The van der Waals surface area contributed by atoms with Crippen molar-refractivity contribution in [1.29, 1.82) is 0 Å². The zero-order valence-electron chi connectivity index (χ0n) is 8.93. The molecule has 3 unspecified atom stereocenters. The molecule has 1 fully saturated rings. The van der Waals surface area contributed by atoms with E-state index in [1.807, 2.05) is 0 Å². The average molecular weight is 166 g/mol. The van der Waals surface area contributed by atoms with E-state index in [-0.39, 0.29) is 0 Å². The van der Waals surface area contributed by atoms with Crippen LogP contribution in [0.25, 0.3) is 0 Å². The highest BCUT2D eigenvalue weighted by Crippen LogP contribution is 2.42. The van der Waals surface area contributed by atoms with Gasteiger partial charge in [0.15, 0.2) is 0 Å². The van der Waals surface area contributed by atoms with Gasteiger partial charge in [-0.3, -0.25) is 0 Å². The second-order valence-corrected chi connectivity index (χ2v) is 4.89. The molecule has 0 bridgehead atoms. The molecule has 0 radical (unpaired) electrons. The predicted molar refractivity (Wildman–Crippen MR) is 55.0 cm³/mol. The maximum absolute atomic E-state index is 4.17. The van der Waals surface area contributed by atoms with E-state index in [2.05, 4.69) is 34.3 Å². The molecule has 0 aliphatic heterocycles. The molecule has 1 aliphatic carbocycles. The normalized spacial score (nSPS) is 36.4. The van der Waals surface area contributed by atoms with Crippen molar-refractivity contribution in [2.45, 2.75) is 40.5 Å². The van der Waals surface area contributed by atoms with E-state index in [0.29, 0.717) is 0 Å². The summed E-state index contributed by atoms with van der Waals surface area (Å²) < 4.78 is 0. The Balaban J connectivity index is 2.53. The molecule has 0 aromatic carbocycles. The van der Waals surface area contributed by atoms with Gasteiger partial charge >= 0.3 is 0 Å². The molecule has 0 saturated heterocycles. The minimum Gasteiger partial charge on any atom is -0.0993 e. The summed E-state index contributed by atoms with van der Waals surface area (Å²) >= 11 is 0. The first kappa shape index (κ1) is 9.83. The fourth-order valence-corrected chi connectivity index (χ4v) is 2.47. The standard InChI is InChI=1S/C12H22/c1-8(2)6-12-7-9(3)10(4)11(12)5/h8-9,11-12H,4,6-7H2,1-3,5H3. The van der Waals surface area contributed by atoms with E-state index < -0.39 is 0 Å². The van der Waals surface area contributed by atoms with E-state index in [1.54, 1.807) is 0 Å². The number of rotatable bonds is 2. The Bertz CT molecular complexity index is 167. The van der Waals surface area contributed by atoms with E-state index in [9.17, 15) is 0 Å². The van der Waals surface area contributed by atoms with Gasteiger partial charge in [0.05, 0.1) is 0 Å². The van der Waals surface area contributed by atoms with Crippen LogP contribution in [-0.4, -0.2) is 0 Å². The van der Waals surface area contributed by atoms with Crippen molar-refractivity contribution in [1.82, 2.24) is 0 Å². The molecule has 0 nitrogen and oxygen atoms in total. The summed E-state index contributed by atoms with van der Waals surface area (Å²) in [5.74, 6) is 3.29. The summed E-state index contributed by atoms with van der Waals surface area (Å²) in [7, 11) is 0. The van der Waals surface area contributed by atoms with Gasteiger partial charge in [0, 0.05) is 0 Å². The predicted octanol–water partition coefficient (Wildman–Crippen LogP) is 3.88. The molecule has 3 atom stereocenters. The third-order valence-electron chi connectivity index (χ3n) is 3.36. The van der Waals surface area contributed by atoms with E-state index in [1.165, 1.54) is 18.4 Å². The summed E-state index contributed by atoms with van der Waals surface area (Å²) in [5, 5.41) is 0. The van der Waals surface area contributed by atoms with Crippen LogP contribution in [0.2, 0.25) is 0 Å². The average Bonchev–Trinajstić information content (AvgIpc) is 2.17. The first-order valence-electron chi connectivity index (χ1n) is 5.21. The van der Waals surface area contributed by atoms with Crippen molar-refractivity contribution in [2.75, 3.05) is 0 Å². The lowest BCUT2D eigenvalue weighted by molar-refractivity contribution is 0.353. The highest BCUT2D eigenvalue weighted by molar-refractivity contribution is 5.11. The Morgan fingerprint density at radius 1 is 1.42 bits per heavy atom. The molecular formula is C12H22.